The van der Waals surface area contributed by atoms with Gasteiger partial charge in [0.15, 0.2) is 0 Å². The van der Waals surface area contributed by atoms with Crippen LogP contribution in [-0.4, -0.2) is 28.2 Å². The molecule has 1 atom stereocenters. The Kier molecular flexibility index (Phi) is 3.88. The number of thioether (sulfide) groups is 2. The first-order chi connectivity index (χ1) is 7.20. The molecular formula is C11H18O2S2. The molecule has 0 aliphatic carbocycles. The second-order valence-corrected chi connectivity index (χ2v) is 7.83. The van der Waals surface area contributed by atoms with Gasteiger partial charge in [-0.2, -0.15) is 0 Å². The Hall–Kier alpha value is 0.170. The number of esters is 1. The van der Waals surface area contributed by atoms with Crippen molar-refractivity contribution in [3.63, 3.8) is 0 Å². The van der Waals surface area contributed by atoms with Crippen molar-refractivity contribution >= 4 is 29.5 Å². The first-order valence-corrected chi connectivity index (χ1v) is 7.61. The third-order valence-electron chi connectivity index (χ3n) is 3.12. The molecule has 2 heterocycles. The quantitative estimate of drug-likeness (QED) is 0.715. The third kappa shape index (κ3) is 3.06. The Labute approximate surface area is 99.9 Å². The molecule has 0 aromatic carbocycles. The van der Waals surface area contributed by atoms with Crippen molar-refractivity contribution in [3.05, 3.63) is 0 Å². The van der Waals surface area contributed by atoms with Crippen molar-refractivity contribution in [1.29, 1.82) is 0 Å². The van der Waals surface area contributed by atoms with E-state index >= 15 is 0 Å². The van der Waals surface area contributed by atoms with Crippen LogP contribution in [0.15, 0.2) is 0 Å². The molecule has 4 heteroatoms. The summed E-state index contributed by atoms with van der Waals surface area (Å²) in [6.07, 6.45) is 4.23. The van der Waals surface area contributed by atoms with Gasteiger partial charge < -0.3 is 4.74 Å². The summed E-state index contributed by atoms with van der Waals surface area (Å²) >= 11 is 4.09. The van der Waals surface area contributed by atoms with Crippen LogP contribution in [0.1, 0.15) is 32.6 Å². The molecule has 0 radical (unpaired) electrons. The predicted molar refractivity (Wildman–Crippen MR) is 66.2 cm³/mol. The van der Waals surface area contributed by atoms with Gasteiger partial charge in [-0.1, -0.05) is 0 Å². The molecule has 0 amide bonds. The predicted octanol–water partition coefficient (Wildman–Crippen LogP) is 2.92. The minimum Gasteiger partial charge on any atom is -0.465 e. The topological polar surface area (TPSA) is 26.3 Å². The average Bonchev–Trinajstić information content (AvgIpc) is 2.65. The number of hydrogen-bond donors (Lipinski definition) is 0. The highest BCUT2D eigenvalue weighted by Crippen LogP contribution is 2.47. The SMILES string of the molecule is CC1(CCC2CCCOC2=O)SCCS1. The highest BCUT2D eigenvalue weighted by molar-refractivity contribution is 8.21. The zero-order valence-electron chi connectivity index (χ0n) is 9.16. The Bertz CT molecular complexity index is 237. The second-order valence-electron chi connectivity index (χ2n) is 4.38. The molecule has 0 spiro atoms. The van der Waals surface area contributed by atoms with E-state index in [0.717, 1.165) is 25.7 Å². The lowest BCUT2D eigenvalue weighted by atomic mass is 9.95. The Morgan fingerprint density at radius 3 is 2.87 bits per heavy atom. The maximum Gasteiger partial charge on any atom is 0.308 e. The Morgan fingerprint density at radius 2 is 2.20 bits per heavy atom. The van der Waals surface area contributed by atoms with Crippen molar-refractivity contribution < 1.29 is 9.53 Å². The van der Waals surface area contributed by atoms with Gasteiger partial charge in [-0.25, -0.2) is 0 Å². The minimum absolute atomic E-state index is 0.0397. The van der Waals surface area contributed by atoms with Crippen molar-refractivity contribution in [2.24, 2.45) is 5.92 Å². The summed E-state index contributed by atoms with van der Waals surface area (Å²) in [6, 6.07) is 0. The number of rotatable bonds is 3. The summed E-state index contributed by atoms with van der Waals surface area (Å²) in [5.41, 5.74) is 0. The van der Waals surface area contributed by atoms with E-state index in [2.05, 4.69) is 6.92 Å². The van der Waals surface area contributed by atoms with Crippen LogP contribution in [0.2, 0.25) is 0 Å². The van der Waals surface area contributed by atoms with Crippen LogP contribution in [-0.2, 0) is 9.53 Å². The van der Waals surface area contributed by atoms with Gasteiger partial charge in [0.2, 0.25) is 0 Å². The highest BCUT2D eigenvalue weighted by Gasteiger charge is 2.33. The van der Waals surface area contributed by atoms with E-state index in [1.807, 2.05) is 23.5 Å². The van der Waals surface area contributed by atoms with Crippen molar-refractivity contribution in [2.75, 3.05) is 18.1 Å². The fourth-order valence-electron chi connectivity index (χ4n) is 2.14. The van der Waals surface area contributed by atoms with Crippen molar-refractivity contribution in [3.8, 4) is 0 Å². The summed E-state index contributed by atoms with van der Waals surface area (Å²) in [5, 5.41) is 0. The van der Waals surface area contributed by atoms with Crippen LogP contribution in [0.3, 0.4) is 0 Å². The average molecular weight is 246 g/mol. The van der Waals surface area contributed by atoms with Gasteiger partial charge in [0.1, 0.15) is 0 Å². The van der Waals surface area contributed by atoms with Crippen LogP contribution in [0.25, 0.3) is 0 Å². The lowest BCUT2D eigenvalue weighted by molar-refractivity contribution is -0.153. The van der Waals surface area contributed by atoms with Crippen LogP contribution >= 0.6 is 23.5 Å². The zero-order valence-corrected chi connectivity index (χ0v) is 10.8. The molecule has 2 rings (SSSR count). The fourth-order valence-corrected chi connectivity index (χ4v) is 5.03. The maximum absolute atomic E-state index is 11.5. The number of hydrogen-bond acceptors (Lipinski definition) is 4. The first-order valence-electron chi connectivity index (χ1n) is 5.64. The van der Waals surface area contributed by atoms with Crippen LogP contribution in [0.5, 0.6) is 0 Å². The minimum atomic E-state index is 0.0397. The molecule has 1 unspecified atom stereocenters. The van der Waals surface area contributed by atoms with E-state index in [1.54, 1.807) is 0 Å². The van der Waals surface area contributed by atoms with Gasteiger partial charge in [0.25, 0.3) is 0 Å². The highest BCUT2D eigenvalue weighted by atomic mass is 32.2. The molecular weight excluding hydrogens is 228 g/mol. The maximum atomic E-state index is 11.5. The normalized spacial score (nSPS) is 30.2. The molecule has 0 N–H and O–H groups in total. The number of ether oxygens (including phenoxy) is 1. The van der Waals surface area contributed by atoms with Gasteiger partial charge in [0, 0.05) is 11.5 Å². The molecule has 2 saturated heterocycles. The summed E-state index contributed by atoms with van der Waals surface area (Å²) in [6.45, 7) is 2.94. The largest absolute Gasteiger partial charge is 0.465 e. The molecule has 2 fully saturated rings. The molecule has 2 nitrogen and oxygen atoms in total. The summed E-state index contributed by atoms with van der Waals surface area (Å²) in [5.74, 6) is 2.74. The van der Waals surface area contributed by atoms with Gasteiger partial charge in [0.05, 0.1) is 16.6 Å². The van der Waals surface area contributed by atoms with E-state index in [0.29, 0.717) is 10.7 Å². The van der Waals surface area contributed by atoms with Gasteiger partial charge in [-0.3, -0.25) is 4.79 Å². The summed E-state index contributed by atoms with van der Waals surface area (Å²) in [4.78, 5) is 11.5. The Balaban J connectivity index is 1.78. The monoisotopic (exact) mass is 246 g/mol. The van der Waals surface area contributed by atoms with Gasteiger partial charge in [-0.05, 0) is 32.6 Å². The second kappa shape index (κ2) is 5.00. The van der Waals surface area contributed by atoms with Gasteiger partial charge >= 0.3 is 5.97 Å². The lowest BCUT2D eigenvalue weighted by Gasteiger charge is -2.26. The van der Waals surface area contributed by atoms with E-state index in [-0.39, 0.29) is 11.9 Å². The van der Waals surface area contributed by atoms with Crippen molar-refractivity contribution in [1.82, 2.24) is 0 Å². The zero-order chi connectivity index (χ0) is 10.7. The van der Waals surface area contributed by atoms with E-state index in [1.165, 1.54) is 11.5 Å². The number of carbonyl (C=O) groups excluding carboxylic acids is 1. The molecule has 0 aromatic rings. The fraction of sp³-hybridized carbons (Fsp3) is 0.909. The molecule has 2 aliphatic heterocycles. The summed E-state index contributed by atoms with van der Waals surface area (Å²) < 4.78 is 5.44. The molecule has 15 heavy (non-hydrogen) atoms. The molecule has 0 saturated carbocycles. The third-order valence-corrected chi connectivity index (χ3v) is 6.53. The van der Waals surface area contributed by atoms with E-state index in [9.17, 15) is 4.79 Å². The summed E-state index contributed by atoms with van der Waals surface area (Å²) in [7, 11) is 0. The lowest BCUT2D eigenvalue weighted by Crippen LogP contribution is -2.26. The molecule has 2 aliphatic rings. The molecule has 86 valence electrons. The Morgan fingerprint density at radius 1 is 1.47 bits per heavy atom. The van der Waals surface area contributed by atoms with Gasteiger partial charge in [-0.15, -0.1) is 23.5 Å². The number of cyclic esters (lactones) is 1. The van der Waals surface area contributed by atoms with Crippen LogP contribution < -0.4 is 0 Å². The van der Waals surface area contributed by atoms with Crippen LogP contribution in [0, 0.1) is 5.92 Å². The number of carbonyl (C=O) groups is 1. The molecule has 0 aromatic heterocycles. The van der Waals surface area contributed by atoms with Crippen molar-refractivity contribution in [2.45, 2.75) is 36.7 Å². The van der Waals surface area contributed by atoms with Crippen LogP contribution in [0.4, 0.5) is 0 Å². The first kappa shape index (κ1) is 11.6. The van der Waals surface area contributed by atoms with E-state index in [4.69, 9.17) is 4.74 Å². The smallest absolute Gasteiger partial charge is 0.308 e. The van der Waals surface area contributed by atoms with E-state index < -0.39 is 0 Å². The molecule has 0 bridgehead atoms. The standard InChI is InChI=1S/C11H18O2S2/c1-11(14-7-8-15-11)5-4-9-3-2-6-13-10(9)12/h9H,2-8H2,1H3.